The Morgan fingerprint density at radius 3 is 2.80 bits per heavy atom. The lowest BCUT2D eigenvalue weighted by Gasteiger charge is -2.37. The van der Waals surface area contributed by atoms with Crippen molar-refractivity contribution >= 4 is 46.1 Å². The van der Waals surface area contributed by atoms with Crippen LogP contribution in [0.25, 0.3) is 0 Å². The van der Waals surface area contributed by atoms with Gasteiger partial charge in [-0.15, -0.1) is 0 Å². The van der Waals surface area contributed by atoms with Gasteiger partial charge < -0.3 is 10.0 Å². The highest BCUT2D eigenvalue weighted by molar-refractivity contribution is 14.1. The molecule has 0 saturated carbocycles. The number of rotatable bonds is 2. The van der Waals surface area contributed by atoms with Crippen LogP contribution in [0.5, 0.6) is 0 Å². The van der Waals surface area contributed by atoms with Crippen LogP contribution in [-0.4, -0.2) is 35.0 Å². The fourth-order valence-electron chi connectivity index (χ4n) is 2.42. The number of piperidine rings is 1. The van der Waals surface area contributed by atoms with E-state index in [1.807, 2.05) is 0 Å². The number of nitrogens with zero attached hydrogens (tertiary/aromatic N) is 1. The number of hydrogen-bond donors (Lipinski definition) is 1. The molecule has 0 radical (unpaired) electrons. The Morgan fingerprint density at radius 1 is 1.45 bits per heavy atom. The highest BCUT2D eigenvalue weighted by atomic mass is 127. The summed E-state index contributed by atoms with van der Waals surface area (Å²) in [6.07, 6.45) is 1.30. The molecule has 1 unspecified atom stereocenters. The quantitative estimate of drug-likeness (QED) is 0.766. The summed E-state index contributed by atoms with van der Waals surface area (Å²) in [5.74, 6) is -1.00. The van der Waals surface area contributed by atoms with Crippen LogP contribution in [0.2, 0.25) is 5.02 Å². The molecule has 0 aliphatic carbocycles. The monoisotopic (exact) mass is 407 g/mol. The molecule has 1 heterocycles. The van der Waals surface area contributed by atoms with Crippen molar-refractivity contribution in [2.45, 2.75) is 19.8 Å². The topological polar surface area (TPSA) is 57.6 Å². The first-order valence-electron chi connectivity index (χ1n) is 6.31. The minimum Gasteiger partial charge on any atom is -0.481 e. The first kappa shape index (κ1) is 15.6. The summed E-state index contributed by atoms with van der Waals surface area (Å²) in [4.78, 5) is 25.5. The van der Waals surface area contributed by atoms with Crippen molar-refractivity contribution in [3.8, 4) is 0 Å². The molecule has 20 heavy (non-hydrogen) atoms. The summed E-state index contributed by atoms with van der Waals surface area (Å²) in [6, 6.07) is 5.16. The average Bonchev–Trinajstić information content (AvgIpc) is 2.40. The number of benzene rings is 1. The van der Waals surface area contributed by atoms with Crippen LogP contribution in [0.1, 0.15) is 30.1 Å². The molecular weight excluding hydrogens is 393 g/mol. The van der Waals surface area contributed by atoms with Crippen molar-refractivity contribution in [2.75, 3.05) is 13.1 Å². The fourth-order valence-corrected chi connectivity index (χ4v) is 3.16. The third kappa shape index (κ3) is 3.09. The molecule has 1 amide bonds. The molecule has 1 fully saturated rings. The molecule has 1 aliphatic rings. The number of carboxylic acid groups (broad SMARTS) is 1. The van der Waals surface area contributed by atoms with E-state index in [1.54, 1.807) is 30.0 Å². The first-order valence-corrected chi connectivity index (χ1v) is 7.77. The number of aliphatic carboxylic acids is 1. The van der Waals surface area contributed by atoms with Crippen molar-refractivity contribution < 1.29 is 14.7 Å². The summed E-state index contributed by atoms with van der Waals surface area (Å²) in [5, 5.41) is 9.81. The molecule has 0 aromatic heterocycles. The van der Waals surface area contributed by atoms with E-state index in [0.717, 1.165) is 3.57 Å². The zero-order valence-electron chi connectivity index (χ0n) is 11.0. The predicted octanol–water partition coefficient (Wildman–Crippen LogP) is 3.27. The molecule has 1 atom stereocenters. The summed E-state index contributed by atoms with van der Waals surface area (Å²) < 4.78 is 0.819. The number of amides is 1. The Hall–Kier alpha value is -0.820. The maximum atomic E-state index is 12.6. The molecule has 1 aromatic carbocycles. The molecule has 6 heteroatoms. The normalized spacial score (nSPS) is 22.6. The van der Waals surface area contributed by atoms with E-state index < -0.39 is 11.4 Å². The van der Waals surface area contributed by atoms with E-state index >= 15 is 0 Å². The molecule has 1 aromatic rings. The summed E-state index contributed by atoms with van der Waals surface area (Å²) in [5.41, 5.74) is -0.328. The summed E-state index contributed by atoms with van der Waals surface area (Å²) >= 11 is 8.03. The molecule has 4 nitrogen and oxygen atoms in total. The van der Waals surface area contributed by atoms with Crippen molar-refractivity contribution in [1.82, 2.24) is 4.90 Å². The minimum atomic E-state index is -0.863. The Balaban J connectivity index is 2.25. The van der Waals surface area contributed by atoms with Crippen molar-refractivity contribution in [2.24, 2.45) is 5.41 Å². The lowest BCUT2D eigenvalue weighted by Crippen LogP contribution is -2.48. The third-order valence-electron chi connectivity index (χ3n) is 3.66. The molecule has 108 valence electrons. The lowest BCUT2D eigenvalue weighted by atomic mass is 9.82. The Morgan fingerprint density at radius 2 is 2.15 bits per heavy atom. The van der Waals surface area contributed by atoms with Crippen LogP contribution in [-0.2, 0) is 4.79 Å². The van der Waals surface area contributed by atoms with Gasteiger partial charge in [0.2, 0.25) is 0 Å². The van der Waals surface area contributed by atoms with E-state index in [4.69, 9.17) is 11.6 Å². The summed E-state index contributed by atoms with van der Waals surface area (Å²) in [6.45, 7) is 2.52. The summed E-state index contributed by atoms with van der Waals surface area (Å²) in [7, 11) is 0. The molecule has 1 aliphatic heterocycles. The van der Waals surface area contributed by atoms with Gasteiger partial charge in [0.25, 0.3) is 5.91 Å². The number of halogens is 2. The van der Waals surface area contributed by atoms with Gasteiger partial charge in [0, 0.05) is 21.7 Å². The van der Waals surface area contributed by atoms with Crippen molar-refractivity contribution in [3.63, 3.8) is 0 Å². The third-order valence-corrected chi connectivity index (χ3v) is 4.83. The smallest absolute Gasteiger partial charge is 0.311 e. The second kappa shape index (κ2) is 5.89. The molecule has 2 rings (SSSR count). The predicted molar refractivity (Wildman–Crippen MR) is 85.0 cm³/mol. The van der Waals surface area contributed by atoms with Crippen LogP contribution in [0.3, 0.4) is 0 Å². The SMILES string of the molecule is CC1(C(=O)O)CCCN(C(=O)c2cc(Cl)ccc2I)C1. The number of hydrogen-bond acceptors (Lipinski definition) is 2. The number of carbonyl (C=O) groups is 2. The molecule has 0 spiro atoms. The zero-order chi connectivity index (χ0) is 14.9. The highest BCUT2D eigenvalue weighted by Gasteiger charge is 2.39. The first-order chi connectivity index (χ1) is 9.33. The van der Waals surface area contributed by atoms with Crippen LogP contribution in [0.15, 0.2) is 18.2 Å². The van der Waals surface area contributed by atoms with E-state index in [0.29, 0.717) is 30.0 Å². The Kier molecular flexibility index (Phi) is 4.59. The van der Waals surface area contributed by atoms with Gasteiger partial charge in [-0.25, -0.2) is 0 Å². The molecule has 1 N–H and O–H groups in total. The van der Waals surface area contributed by atoms with Gasteiger partial charge >= 0.3 is 5.97 Å². The fraction of sp³-hybridized carbons (Fsp3) is 0.429. The molecule has 0 bridgehead atoms. The maximum Gasteiger partial charge on any atom is 0.311 e. The van der Waals surface area contributed by atoms with E-state index in [9.17, 15) is 14.7 Å². The Labute approximate surface area is 136 Å². The highest BCUT2D eigenvalue weighted by Crippen LogP contribution is 2.31. The van der Waals surface area contributed by atoms with Crippen molar-refractivity contribution in [3.05, 3.63) is 32.4 Å². The van der Waals surface area contributed by atoms with Crippen LogP contribution >= 0.6 is 34.2 Å². The average molecular weight is 408 g/mol. The lowest BCUT2D eigenvalue weighted by molar-refractivity contribution is -0.150. The van der Waals surface area contributed by atoms with Gasteiger partial charge in [0.15, 0.2) is 0 Å². The van der Waals surface area contributed by atoms with Crippen LogP contribution in [0, 0.1) is 8.99 Å². The number of carbonyl (C=O) groups excluding carboxylic acids is 1. The molecule has 1 saturated heterocycles. The standard InChI is InChI=1S/C14H15ClINO3/c1-14(13(19)20)5-2-6-17(8-14)12(18)10-7-9(15)3-4-11(10)16/h3-4,7H,2,5-6,8H2,1H3,(H,19,20). The van der Waals surface area contributed by atoms with Gasteiger partial charge in [-0.05, 0) is 60.6 Å². The Bertz CT molecular complexity index is 563. The zero-order valence-corrected chi connectivity index (χ0v) is 13.9. The van der Waals surface area contributed by atoms with Crippen LogP contribution < -0.4 is 0 Å². The van der Waals surface area contributed by atoms with Gasteiger partial charge in [0.1, 0.15) is 0 Å². The second-order valence-corrected chi connectivity index (χ2v) is 6.92. The van der Waals surface area contributed by atoms with E-state index in [2.05, 4.69) is 22.6 Å². The van der Waals surface area contributed by atoms with Gasteiger partial charge in [-0.2, -0.15) is 0 Å². The van der Waals surface area contributed by atoms with Gasteiger partial charge in [-0.3, -0.25) is 9.59 Å². The second-order valence-electron chi connectivity index (χ2n) is 5.32. The minimum absolute atomic E-state index is 0.149. The van der Waals surface area contributed by atoms with E-state index in [-0.39, 0.29) is 12.5 Å². The van der Waals surface area contributed by atoms with Gasteiger partial charge in [-0.1, -0.05) is 11.6 Å². The van der Waals surface area contributed by atoms with Crippen molar-refractivity contribution in [1.29, 1.82) is 0 Å². The molecular formula is C14H15ClINO3. The number of carboxylic acids is 1. The van der Waals surface area contributed by atoms with Crippen LogP contribution in [0.4, 0.5) is 0 Å². The maximum absolute atomic E-state index is 12.6. The number of likely N-dealkylation sites (tertiary alicyclic amines) is 1. The van der Waals surface area contributed by atoms with Gasteiger partial charge in [0.05, 0.1) is 11.0 Å². The van der Waals surface area contributed by atoms with E-state index in [1.165, 1.54) is 0 Å². The largest absolute Gasteiger partial charge is 0.481 e.